The van der Waals surface area contributed by atoms with E-state index in [1.54, 1.807) is 0 Å². The Hall–Kier alpha value is -0.850. The van der Waals surface area contributed by atoms with Crippen molar-refractivity contribution in [2.45, 2.75) is 160 Å². The number of oxime groups is 1. The summed E-state index contributed by atoms with van der Waals surface area (Å²) >= 11 is 0. The van der Waals surface area contributed by atoms with Crippen molar-refractivity contribution in [2.75, 3.05) is 6.61 Å². The number of hydrogen-bond donors (Lipinski definition) is 0. The van der Waals surface area contributed by atoms with Crippen molar-refractivity contribution >= 4 is 5.71 Å². The van der Waals surface area contributed by atoms with Gasteiger partial charge < -0.3 is 23.8 Å². The summed E-state index contributed by atoms with van der Waals surface area (Å²) in [5.74, 6) is 1.50. The number of hydrogen-bond acceptors (Lipinski definition) is 10. The third kappa shape index (κ3) is 4.53. The summed E-state index contributed by atoms with van der Waals surface area (Å²) in [7, 11) is 0. The molecule has 11 rings (SSSR count). The topological polar surface area (TPSA) is 95.4 Å². The van der Waals surface area contributed by atoms with E-state index in [1.807, 2.05) is 13.8 Å². The van der Waals surface area contributed by atoms with Crippen LogP contribution in [0, 0.1) is 53.3 Å². The molecule has 11 fully saturated rings. The van der Waals surface area contributed by atoms with E-state index in [0.29, 0.717) is 42.6 Å². The number of nitrogens with zero attached hydrogens (tertiary/aromatic N) is 1. The maximum atomic E-state index is 7.09. The zero-order chi connectivity index (χ0) is 31.6. The predicted molar refractivity (Wildman–Crippen MR) is 164 cm³/mol. The van der Waals surface area contributed by atoms with E-state index in [0.717, 1.165) is 50.7 Å². The van der Waals surface area contributed by atoms with Gasteiger partial charge in [0.05, 0.1) is 11.8 Å². The number of ether oxygens (including phenoxy) is 4. The maximum absolute atomic E-state index is 7.09. The molecule has 4 bridgehead atoms. The zero-order valence-corrected chi connectivity index (χ0v) is 28.6. The van der Waals surface area contributed by atoms with Crippen LogP contribution in [0.5, 0.6) is 0 Å². The van der Waals surface area contributed by atoms with Crippen LogP contribution in [-0.2, 0) is 43.3 Å². The fourth-order valence-corrected chi connectivity index (χ4v) is 11.4. The normalized spacial score (nSPS) is 57.7. The van der Waals surface area contributed by atoms with Crippen LogP contribution in [-0.4, -0.2) is 59.9 Å². The Morgan fingerprint density at radius 2 is 1.22 bits per heavy atom. The molecule has 2 spiro atoms. The van der Waals surface area contributed by atoms with Crippen LogP contribution >= 0.6 is 0 Å². The van der Waals surface area contributed by atoms with Crippen LogP contribution in [0.25, 0.3) is 0 Å². The molecule has 3 unspecified atom stereocenters. The van der Waals surface area contributed by atoms with E-state index in [4.69, 9.17) is 48.5 Å². The van der Waals surface area contributed by atoms with Gasteiger partial charge in [-0.25, -0.2) is 19.6 Å². The second kappa shape index (κ2) is 10.8. The number of rotatable bonds is 6. The van der Waals surface area contributed by atoms with Crippen LogP contribution in [0.1, 0.15) is 112 Å². The summed E-state index contributed by atoms with van der Waals surface area (Å²) in [6, 6.07) is 0. The summed E-state index contributed by atoms with van der Waals surface area (Å²) in [6.45, 7) is 14.0. The lowest BCUT2D eigenvalue weighted by Gasteiger charge is -2.61. The molecule has 0 N–H and O–H groups in total. The summed E-state index contributed by atoms with van der Waals surface area (Å²) in [5, 5.41) is 4.93. The van der Waals surface area contributed by atoms with Gasteiger partial charge in [0.25, 0.3) is 0 Å². The van der Waals surface area contributed by atoms with Crippen molar-refractivity contribution in [1.29, 1.82) is 0 Å². The fourth-order valence-electron chi connectivity index (χ4n) is 11.4. The van der Waals surface area contributed by atoms with Gasteiger partial charge in [-0.3, -0.25) is 0 Å². The first-order chi connectivity index (χ1) is 22.1. The van der Waals surface area contributed by atoms with E-state index in [9.17, 15) is 0 Å². The maximum Gasteiger partial charge on any atom is 0.201 e. The summed E-state index contributed by atoms with van der Waals surface area (Å²) < 4.78 is 27.5. The molecule has 46 heavy (non-hydrogen) atoms. The van der Waals surface area contributed by atoms with E-state index in [2.05, 4.69) is 27.7 Å². The molecule has 10 heteroatoms. The highest BCUT2D eigenvalue weighted by atomic mass is 17.3. The van der Waals surface area contributed by atoms with Gasteiger partial charge >= 0.3 is 0 Å². The Morgan fingerprint density at radius 3 is 1.80 bits per heavy atom. The minimum Gasteiger partial charge on any atom is -0.395 e. The monoisotopic (exact) mass is 645 g/mol. The standard InChI is InChI=1S/C36H55NO9/c1-19-7-11-26-21(3)29(39-31-35(26)24(19)13-15-33(5,41-31)43-45-35)17-28(37-38-18-23-9-10-23)30-22(4)27-12-8-20(2)25-14-16-34(6)42-32(40-30)36(25,27)46-44-34/h19-27,29-32H,7-18H2,1-6H3/b37-28-/t19-,20-,21-,22-,24+,25+,26+,27+,29-,30+,31-,32?,33+,34+,35?,36?/m1/s1. The molecule has 8 saturated heterocycles. The Morgan fingerprint density at radius 1 is 0.652 bits per heavy atom. The minimum absolute atomic E-state index is 0.126. The Labute approximate surface area is 273 Å². The molecule has 3 saturated carbocycles. The summed E-state index contributed by atoms with van der Waals surface area (Å²) in [5.41, 5.74) is -0.291. The molecule has 0 aromatic heterocycles. The smallest absolute Gasteiger partial charge is 0.201 e. The van der Waals surface area contributed by atoms with Crippen LogP contribution in [0.4, 0.5) is 0 Å². The van der Waals surface area contributed by atoms with Gasteiger partial charge in [-0.15, -0.1) is 0 Å². The van der Waals surface area contributed by atoms with Crippen LogP contribution in [0.2, 0.25) is 0 Å². The second-order valence-electron chi connectivity index (χ2n) is 17.3. The van der Waals surface area contributed by atoms with Gasteiger partial charge in [0.2, 0.25) is 11.6 Å². The van der Waals surface area contributed by atoms with Gasteiger partial charge in [-0.2, -0.15) is 0 Å². The lowest BCUT2D eigenvalue weighted by atomic mass is 9.56. The molecular formula is C36H55NO9. The average molecular weight is 646 g/mol. The fraction of sp³-hybridized carbons (Fsp3) is 0.972. The molecule has 0 radical (unpaired) electrons. The van der Waals surface area contributed by atoms with Gasteiger partial charge in [0.1, 0.15) is 12.7 Å². The largest absolute Gasteiger partial charge is 0.395 e. The Bertz CT molecular complexity index is 1230. The first kappa shape index (κ1) is 31.2. The number of fused-ring (bicyclic) bond motifs is 4. The van der Waals surface area contributed by atoms with Gasteiger partial charge in [-0.1, -0.05) is 32.9 Å². The molecule has 16 atom stereocenters. The van der Waals surface area contributed by atoms with Crippen LogP contribution in [0.15, 0.2) is 5.16 Å². The van der Waals surface area contributed by atoms with Crippen LogP contribution in [0.3, 0.4) is 0 Å². The molecule has 0 amide bonds. The van der Waals surface area contributed by atoms with Crippen molar-refractivity contribution in [2.24, 2.45) is 58.4 Å². The molecule has 8 aliphatic heterocycles. The van der Waals surface area contributed by atoms with Gasteiger partial charge in [0.15, 0.2) is 23.8 Å². The Kier molecular flexibility index (Phi) is 7.33. The molecule has 3 aliphatic carbocycles. The molecule has 0 aromatic rings. The molecule has 8 heterocycles. The zero-order valence-electron chi connectivity index (χ0n) is 28.6. The average Bonchev–Trinajstić information content (AvgIpc) is 3.89. The lowest BCUT2D eigenvalue weighted by molar-refractivity contribution is -0.571. The Balaban J connectivity index is 1.04. The van der Waals surface area contributed by atoms with Crippen molar-refractivity contribution in [3.63, 3.8) is 0 Å². The van der Waals surface area contributed by atoms with E-state index in [1.165, 1.54) is 19.3 Å². The second-order valence-corrected chi connectivity index (χ2v) is 17.3. The third-order valence-corrected chi connectivity index (χ3v) is 14.4. The van der Waals surface area contributed by atoms with Crippen molar-refractivity contribution in [1.82, 2.24) is 0 Å². The predicted octanol–water partition coefficient (Wildman–Crippen LogP) is 6.66. The molecule has 10 nitrogen and oxygen atoms in total. The first-order valence-electron chi connectivity index (χ1n) is 18.6. The van der Waals surface area contributed by atoms with Crippen molar-refractivity contribution in [3.05, 3.63) is 0 Å². The van der Waals surface area contributed by atoms with E-state index < -0.39 is 35.4 Å². The lowest BCUT2D eigenvalue weighted by Crippen LogP contribution is -2.71. The molecule has 11 aliphatic rings. The third-order valence-electron chi connectivity index (χ3n) is 14.4. The quantitative estimate of drug-likeness (QED) is 0.179. The molecule has 258 valence electrons. The van der Waals surface area contributed by atoms with Gasteiger partial charge in [-0.05, 0) is 107 Å². The SMILES string of the molecule is C[C@H]1[C@@H](/C(C[C@H]2O[C@@H]3O[C@]4(C)CC[C@H]5[C@H](C)CC[C@@H]([C@H]2C)C35OO4)=N\OCC2CC2)OC2O[C@]3(C)CC[C@H]4[C@H](C)CC[C@@H]1C24OO3. The van der Waals surface area contributed by atoms with Gasteiger partial charge in [0, 0.05) is 31.1 Å². The molecule has 0 aromatic carbocycles. The van der Waals surface area contributed by atoms with Crippen LogP contribution < -0.4 is 0 Å². The van der Waals surface area contributed by atoms with Crippen molar-refractivity contribution < 1.29 is 43.3 Å². The summed E-state index contributed by atoms with van der Waals surface area (Å²) in [4.78, 5) is 31.2. The van der Waals surface area contributed by atoms with E-state index in [-0.39, 0.29) is 35.9 Å². The van der Waals surface area contributed by atoms with Crippen molar-refractivity contribution in [3.8, 4) is 0 Å². The highest BCUT2D eigenvalue weighted by Gasteiger charge is 2.71. The summed E-state index contributed by atoms with van der Waals surface area (Å²) in [6.07, 6.45) is 9.69. The first-order valence-corrected chi connectivity index (χ1v) is 18.6. The highest BCUT2D eigenvalue weighted by Crippen LogP contribution is 2.63. The van der Waals surface area contributed by atoms with E-state index >= 15 is 0 Å². The minimum atomic E-state index is -0.819. The molecular weight excluding hydrogens is 590 g/mol. The highest BCUT2D eigenvalue weighted by molar-refractivity contribution is 5.89.